The van der Waals surface area contributed by atoms with Gasteiger partial charge in [-0.25, -0.2) is 13.4 Å². The van der Waals surface area contributed by atoms with Gasteiger partial charge in [-0.05, 0) is 26.0 Å². The first-order valence-corrected chi connectivity index (χ1v) is 10.1. The summed E-state index contributed by atoms with van der Waals surface area (Å²) < 4.78 is 23.5. The lowest BCUT2D eigenvalue weighted by molar-refractivity contribution is 0.353. The number of rotatable bonds is 3. The zero-order chi connectivity index (χ0) is 18.1. The molecule has 0 unspecified atom stereocenters. The summed E-state index contributed by atoms with van der Waals surface area (Å²) in [6, 6.07) is 7.95. The van der Waals surface area contributed by atoms with Crippen LogP contribution in [0.25, 0.3) is 11.0 Å². The number of sulfone groups is 1. The Labute approximate surface area is 148 Å². The van der Waals surface area contributed by atoms with Crippen molar-refractivity contribution < 1.29 is 8.42 Å². The van der Waals surface area contributed by atoms with Crippen LogP contribution in [0.3, 0.4) is 0 Å². The minimum atomic E-state index is -3.05. The monoisotopic (exact) mass is 363 g/mol. The number of aliphatic imine (C=N–C) groups is 1. The van der Waals surface area contributed by atoms with E-state index in [1.807, 2.05) is 29.2 Å². The van der Waals surface area contributed by atoms with Crippen molar-refractivity contribution in [1.29, 1.82) is 0 Å². The molecule has 7 nitrogen and oxygen atoms in total. The zero-order valence-corrected chi connectivity index (χ0v) is 15.7. The molecule has 1 saturated heterocycles. The number of imidazole rings is 1. The zero-order valence-electron chi connectivity index (χ0n) is 14.9. The Morgan fingerprint density at radius 2 is 2.16 bits per heavy atom. The van der Waals surface area contributed by atoms with Gasteiger partial charge in [-0.2, -0.15) is 0 Å². The van der Waals surface area contributed by atoms with Crippen molar-refractivity contribution in [2.24, 2.45) is 4.99 Å². The van der Waals surface area contributed by atoms with Crippen molar-refractivity contribution in [3.8, 4) is 0 Å². The molecule has 136 valence electrons. The molecule has 0 bridgehead atoms. The van der Waals surface area contributed by atoms with E-state index in [0.717, 1.165) is 29.2 Å². The summed E-state index contributed by atoms with van der Waals surface area (Å²) in [4.78, 5) is 14.2. The fourth-order valence-electron chi connectivity index (χ4n) is 3.07. The van der Waals surface area contributed by atoms with Crippen LogP contribution in [0.4, 0.5) is 0 Å². The molecule has 0 spiro atoms. The van der Waals surface area contributed by atoms with E-state index < -0.39 is 14.6 Å². The highest BCUT2D eigenvalue weighted by molar-refractivity contribution is 7.92. The number of nitrogens with one attached hydrogen (secondary N) is 2. The number of hydrogen-bond donors (Lipinski definition) is 2. The smallest absolute Gasteiger partial charge is 0.193 e. The first-order valence-electron chi connectivity index (χ1n) is 8.44. The minimum Gasteiger partial charge on any atom is -0.356 e. The van der Waals surface area contributed by atoms with Crippen molar-refractivity contribution in [3.05, 3.63) is 30.1 Å². The summed E-state index contributed by atoms with van der Waals surface area (Å²) >= 11 is 0. The molecule has 1 aromatic heterocycles. The maximum atomic E-state index is 12.1. The first-order chi connectivity index (χ1) is 11.8. The summed E-state index contributed by atoms with van der Waals surface area (Å²) in [6.07, 6.45) is 0.739. The van der Waals surface area contributed by atoms with Gasteiger partial charge in [-0.1, -0.05) is 12.1 Å². The van der Waals surface area contributed by atoms with Crippen LogP contribution in [0, 0.1) is 0 Å². The van der Waals surface area contributed by atoms with Crippen LogP contribution in [-0.4, -0.2) is 66.4 Å². The van der Waals surface area contributed by atoms with Gasteiger partial charge in [0.05, 0.1) is 21.5 Å². The third-order valence-corrected chi connectivity index (χ3v) is 7.17. The summed E-state index contributed by atoms with van der Waals surface area (Å²) in [6.45, 7) is 5.14. The normalized spacial score (nSPS) is 20.0. The van der Waals surface area contributed by atoms with Crippen LogP contribution in [-0.2, 0) is 16.3 Å². The highest BCUT2D eigenvalue weighted by Crippen LogP contribution is 2.23. The highest BCUT2D eigenvalue weighted by Gasteiger charge is 2.40. The number of aromatic nitrogens is 2. The van der Waals surface area contributed by atoms with E-state index >= 15 is 0 Å². The van der Waals surface area contributed by atoms with Crippen molar-refractivity contribution in [2.45, 2.75) is 25.0 Å². The van der Waals surface area contributed by atoms with Crippen LogP contribution in [0.1, 0.15) is 19.7 Å². The van der Waals surface area contributed by atoms with Crippen molar-refractivity contribution in [2.75, 3.05) is 32.4 Å². The molecule has 0 amide bonds. The van der Waals surface area contributed by atoms with Gasteiger partial charge in [0.25, 0.3) is 0 Å². The molecule has 0 saturated carbocycles. The molecule has 0 aliphatic carbocycles. The molecule has 2 heterocycles. The lowest BCUT2D eigenvalue weighted by atomic mass is 10.2. The molecule has 8 heteroatoms. The standard InChI is InChI=1S/C17H25N5O2S/c1-17(2)12-22(10-11-25(17,23)24)16(18-3)19-9-8-15-20-13-6-4-5-7-14(13)21-15/h4-7H,8-12H2,1-3H3,(H,18,19)(H,20,21). The third-order valence-electron chi connectivity index (χ3n) is 4.64. The number of hydrogen-bond acceptors (Lipinski definition) is 4. The van der Waals surface area contributed by atoms with E-state index in [2.05, 4.69) is 20.3 Å². The van der Waals surface area contributed by atoms with E-state index in [1.165, 1.54) is 0 Å². The van der Waals surface area contributed by atoms with E-state index in [4.69, 9.17) is 0 Å². The molecule has 1 aromatic carbocycles. The van der Waals surface area contributed by atoms with Gasteiger partial charge in [0, 0.05) is 33.1 Å². The molecule has 25 heavy (non-hydrogen) atoms. The number of H-pyrrole nitrogens is 1. The molecule has 0 atom stereocenters. The van der Waals surface area contributed by atoms with Gasteiger partial charge < -0.3 is 15.2 Å². The number of para-hydroxylation sites is 2. The molecular weight excluding hydrogens is 338 g/mol. The van der Waals surface area contributed by atoms with Crippen LogP contribution in [0.5, 0.6) is 0 Å². The van der Waals surface area contributed by atoms with Gasteiger partial charge in [-0.3, -0.25) is 4.99 Å². The average Bonchev–Trinajstić information content (AvgIpc) is 2.97. The highest BCUT2D eigenvalue weighted by atomic mass is 32.2. The van der Waals surface area contributed by atoms with E-state index in [9.17, 15) is 8.42 Å². The molecule has 2 aromatic rings. The molecule has 1 aliphatic rings. The lowest BCUT2D eigenvalue weighted by Crippen LogP contribution is -2.57. The Morgan fingerprint density at radius 1 is 1.40 bits per heavy atom. The molecular formula is C17H25N5O2S. The quantitative estimate of drug-likeness (QED) is 0.631. The summed E-state index contributed by atoms with van der Waals surface area (Å²) in [5.74, 6) is 1.81. The second-order valence-corrected chi connectivity index (χ2v) is 9.67. The van der Waals surface area contributed by atoms with Crippen LogP contribution >= 0.6 is 0 Å². The van der Waals surface area contributed by atoms with Crippen molar-refractivity contribution in [1.82, 2.24) is 20.2 Å². The fourth-order valence-corrected chi connectivity index (χ4v) is 4.44. The fraction of sp³-hybridized carbons (Fsp3) is 0.529. The van der Waals surface area contributed by atoms with E-state index in [0.29, 0.717) is 19.6 Å². The van der Waals surface area contributed by atoms with E-state index in [1.54, 1.807) is 20.9 Å². The number of benzene rings is 1. The molecule has 1 aliphatic heterocycles. The largest absolute Gasteiger partial charge is 0.356 e. The second kappa shape index (κ2) is 6.67. The average molecular weight is 363 g/mol. The Hall–Kier alpha value is -2.09. The van der Waals surface area contributed by atoms with Gasteiger partial charge in [0.15, 0.2) is 15.8 Å². The van der Waals surface area contributed by atoms with E-state index in [-0.39, 0.29) is 5.75 Å². The molecule has 3 rings (SSSR count). The maximum Gasteiger partial charge on any atom is 0.193 e. The predicted octanol–water partition coefficient (Wildman–Crippen LogP) is 1.19. The van der Waals surface area contributed by atoms with Crippen LogP contribution in [0.15, 0.2) is 29.3 Å². The lowest BCUT2D eigenvalue weighted by Gasteiger charge is -2.39. The third kappa shape index (κ3) is 3.63. The summed E-state index contributed by atoms with van der Waals surface area (Å²) in [5, 5.41) is 3.32. The number of aromatic amines is 1. The SMILES string of the molecule is CN=C(NCCc1nc2ccccc2[nH]1)N1CCS(=O)(=O)C(C)(C)C1. The predicted molar refractivity (Wildman–Crippen MR) is 101 cm³/mol. The molecule has 0 radical (unpaired) electrons. The van der Waals surface area contributed by atoms with Gasteiger partial charge in [0.2, 0.25) is 0 Å². The Balaban J connectivity index is 1.60. The van der Waals surface area contributed by atoms with Gasteiger partial charge in [0.1, 0.15) is 5.82 Å². The topological polar surface area (TPSA) is 90.4 Å². The number of fused-ring (bicyclic) bond motifs is 1. The summed E-state index contributed by atoms with van der Waals surface area (Å²) in [5.41, 5.74) is 2.00. The van der Waals surface area contributed by atoms with Gasteiger partial charge in [-0.15, -0.1) is 0 Å². The maximum absolute atomic E-state index is 12.1. The van der Waals surface area contributed by atoms with Crippen LogP contribution < -0.4 is 5.32 Å². The Morgan fingerprint density at radius 3 is 2.84 bits per heavy atom. The number of guanidine groups is 1. The number of nitrogens with zero attached hydrogens (tertiary/aromatic N) is 3. The Kier molecular flexibility index (Phi) is 4.73. The molecule has 1 fully saturated rings. The van der Waals surface area contributed by atoms with Crippen molar-refractivity contribution in [3.63, 3.8) is 0 Å². The molecule has 2 N–H and O–H groups in total. The second-order valence-electron chi connectivity index (χ2n) is 6.92. The van der Waals surface area contributed by atoms with Crippen LogP contribution in [0.2, 0.25) is 0 Å². The van der Waals surface area contributed by atoms with Gasteiger partial charge >= 0.3 is 0 Å². The summed E-state index contributed by atoms with van der Waals surface area (Å²) in [7, 11) is -1.33. The first kappa shape index (κ1) is 17.7. The minimum absolute atomic E-state index is 0.157. The Bertz CT molecular complexity index is 852. The van der Waals surface area contributed by atoms with Crippen molar-refractivity contribution >= 4 is 26.8 Å².